The van der Waals surface area contributed by atoms with Gasteiger partial charge in [0.15, 0.2) is 23.0 Å². The molecule has 0 aliphatic carbocycles. The Morgan fingerprint density at radius 1 is 0.371 bits per heavy atom. The van der Waals surface area contributed by atoms with Gasteiger partial charge in [-0.15, -0.1) is 0 Å². The van der Waals surface area contributed by atoms with Gasteiger partial charge in [-0.25, -0.2) is 0 Å². The van der Waals surface area contributed by atoms with Crippen LogP contribution in [-0.2, 0) is 6.42 Å². The predicted molar refractivity (Wildman–Crippen MR) is 254 cm³/mol. The fraction of sp³-hybridized carbons (Fsp3) is 0.321. The van der Waals surface area contributed by atoms with E-state index >= 15 is 0 Å². The van der Waals surface area contributed by atoms with Crippen molar-refractivity contribution in [2.75, 3.05) is 0 Å². The third kappa shape index (κ3) is 10.5. The Kier molecular flexibility index (Phi) is 14.1. The maximum Gasteiger partial charge on any atom is 0.530 e. The second-order valence-electron chi connectivity index (χ2n) is 17.5. The van der Waals surface area contributed by atoms with Crippen LogP contribution in [0.4, 0.5) is 0 Å². The molecule has 6 aromatic rings. The van der Waals surface area contributed by atoms with E-state index in [1.54, 1.807) is 0 Å². The molecule has 6 aromatic carbocycles. The lowest BCUT2D eigenvalue weighted by Gasteiger charge is -2.27. The van der Waals surface area contributed by atoms with Gasteiger partial charge in [0.1, 0.15) is 23.0 Å². The molecular formula is C53H60O7P2. The largest absolute Gasteiger partial charge is 0.530 e. The number of fused-ring (bicyclic) bond motifs is 2. The van der Waals surface area contributed by atoms with Gasteiger partial charge in [-0.05, 0) is 132 Å². The Bertz CT molecular complexity index is 2240. The zero-order valence-electron chi connectivity index (χ0n) is 38.2. The maximum atomic E-state index is 6.92. The molecule has 7 rings (SSSR count). The van der Waals surface area contributed by atoms with E-state index in [1.165, 1.54) is 0 Å². The highest BCUT2D eigenvalue weighted by molar-refractivity contribution is 7.43. The van der Waals surface area contributed by atoms with Crippen LogP contribution in [0.1, 0.15) is 135 Å². The third-order valence-electron chi connectivity index (χ3n) is 10.9. The highest BCUT2D eigenvalue weighted by Gasteiger charge is 2.32. The van der Waals surface area contributed by atoms with Crippen LogP contribution in [0.25, 0.3) is 0 Å². The molecule has 7 nitrogen and oxygen atoms in total. The van der Waals surface area contributed by atoms with Crippen LogP contribution < -0.4 is 31.9 Å². The van der Waals surface area contributed by atoms with E-state index in [0.717, 1.165) is 78.6 Å². The zero-order valence-corrected chi connectivity index (χ0v) is 39.9. The van der Waals surface area contributed by atoms with Gasteiger partial charge in [-0.2, -0.15) is 0 Å². The molecule has 0 aromatic heterocycles. The molecule has 0 saturated carbocycles. The van der Waals surface area contributed by atoms with Crippen molar-refractivity contribution in [3.05, 3.63) is 165 Å². The van der Waals surface area contributed by atoms with Gasteiger partial charge in [0.25, 0.3) is 0 Å². The molecule has 0 unspecified atom stereocenters. The summed E-state index contributed by atoms with van der Waals surface area (Å²) in [6, 6.07) is 37.0. The minimum atomic E-state index is -2.03. The zero-order chi connectivity index (χ0) is 44.2. The van der Waals surface area contributed by atoms with Crippen molar-refractivity contribution in [2.24, 2.45) is 0 Å². The summed E-state index contributed by atoms with van der Waals surface area (Å²) < 4.78 is 47.8. The molecule has 0 radical (unpaired) electrons. The first-order chi connectivity index (χ1) is 29.6. The Labute approximate surface area is 371 Å². The number of para-hydroxylation sites is 2. The Morgan fingerprint density at radius 3 is 0.919 bits per heavy atom. The first kappa shape index (κ1) is 44.8. The van der Waals surface area contributed by atoms with Gasteiger partial charge in [0.05, 0.1) is 0 Å². The molecule has 9 heteroatoms. The lowest BCUT2D eigenvalue weighted by atomic mass is 10.00. The molecule has 0 spiro atoms. The van der Waals surface area contributed by atoms with Crippen LogP contribution >= 0.6 is 17.2 Å². The number of hydrogen-bond acceptors (Lipinski definition) is 7. The van der Waals surface area contributed by atoms with E-state index in [1.807, 2.05) is 24.3 Å². The number of ether oxygens (including phenoxy) is 1. The predicted octanol–water partition coefficient (Wildman–Crippen LogP) is 16.6. The lowest BCUT2D eigenvalue weighted by molar-refractivity contribution is 0.355. The summed E-state index contributed by atoms with van der Waals surface area (Å²) >= 11 is 0. The number of benzene rings is 6. The first-order valence-electron chi connectivity index (χ1n) is 21.6. The number of rotatable bonds is 16. The smallest absolute Gasteiger partial charge is 0.449 e. The summed E-state index contributed by atoms with van der Waals surface area (Å²) in [7, 11) is -4.06. The maximum absolute atomic E-state index is 6.92. The highest BCUT2D eigenvalue weighted by Crippen LogP contribution is 2.54. The molecular weight excluding hydrogens is 811 g/mol. The minimum absolute atomic E-state index is 0.222. The van der Waals surface area contributed by atoms with E-state index in [9.17, 15) is 0 Å². The van der Waals surface area contributed by atoms with Crippen LogP contribution in [0.3, 0.4) is 0 Å². The standard InChI is InChI=1S/C53H60O7P2/c1-32(2)42-23-19-36(9)27-48(42)57-61(58-49-28-37(10)20-24-43(49)33(3)4)55-46-17-13-15-40-31-41-16-14-18-47(53(41)54-52(40)46)56-62(59-50-29-38(11)21-25-44(50)34(5)6)60-51-30-39(12)22-26-45(51)35(7)8/h13-30,32-35H,31H2,1-12H3. The summed E-state index contributed by atoms with van der Waals surface area (Å²) in [4.78, 5) is 0. The Hall–Kier alpha value is -5.22. The van der Waals surface area contributed by atoms with Gasteiger partial charge in [-0.3, -0.25) is 0 Å². The van der Waals surface area contributed by atoms with E-state index in [-0.39, 0.29) is 23.7 Å². The summed E-state index contributed by atoms with van der Waals surface area (Å²) in [5.74, 6) is 5.96. The molecule has 1 aliphatic heterocycles. The van der Waals surface area contributed by atoms with Crippen molar-refractivity contribution >= 4 is 17.2 Å². The van der Waals surface area contributed by atoms with Gasteiger partial charge < -0.3 is 31.9 Å². The van der Waals surface area contributed by atoms with Crippen molar-refractivity contribution in [2.45, 2.75) is 113 Å². The minimum Gasteiger partial charge on any atom is -0.449 e. The van der Waals surface area contributed by atoms with Crippen LogP contribution in [0.15, 0.2) is 109 Å². The van der Waals surface area contributed by atoms with Crippen molar-refractivity contribution in [3.63, 3.8) is 0 Å². The molecule has 324 valence electrons. The highest BCUT2D eigenvalue weighted by atomic mass is 31.2. The van der Waals surface area contributed by atoms with Crippen LogP contribution in [0, 0.1) is 27.7 Å². The van der Waals surface area contributed by atoms with Crippen molar-refractivity contribution < 1.29 is 31.9 Å². The lowest BCUT2D eigenvalue weighted by Crippen LogP contribution is -2.10. The van der Waals surface area contributed by atoms with Crippen LogP contribution in [0.2, 0.25) is 0 Å². The van der Waals surface area contributed by atoms with E-state index in [0.29, 0.717) is 29.4 Å². The van der Waals surface area contributed by atoms with Gasteiger partial charge in [-0.1, -0.05) is 128 Å². The molecule has 1 aliphatic rings. The molecule has 62 heavy (non-hydrogen) atoms. The van der Waals surface area contributed by atoms with Crippen LogP contribution in [0.5, 0.6) is 46.0 Å². The summed E-state index contributed by atoms with van der Waals surface area (Å²) in [5, 5.41) is 0. The molecule has 0 amide bonds. The normalized spacial score (nSPS) is 12.2. The summed E-state index contributed by atoms with van der Waals surface area (Å²) in [6.45, 7) is 25.5. The molecule has 0 atom stereocenters. The molecule has 0 fully saturated rings. The monoisotopic (exact) mass is 870 g/mol. The van der Waals surface area contributed by atoms with E-state index < -0.39 is 17.2 Å². The Morgan fingerprint density at radius 2 is 0.645 bits per heavy atom. The number of aryl methyl sites for hydroxylation is 4. The topological polar surface area (TPSA) is 64.6 Å². The first-order valence-corrected chi connectivity index (χ1v) is 23.8. The van der Waals surface area contributed by atoms with E-state index in [4.69, 9.17) is 31.9 Å². The SMILES string of the molecule is Cc1ccc(C(C)C)c(OP(Oc2cc(C)ccc2C(C)C)Oc2cccc3c2Oc2c(cccc2OP(Oc2cc(C)ccc2C(C)C)Oc2cc(C)ccc2C(C)C)C3)c1. The second-order valence-corrected chi connectivity index (χ2v) is 19.5. The van der Waals surface area contributed by atoms with Crippen LogP contribution in [-0.4, -0.2) is 0 Å². The quantitative estimate of drug-likeness (QED) is 0.0896. The van der Waals surface area contributed by atoms with Gasteiger partial charge in [0, 0.05) is 17.5 Å². The van der Waals surface area contributed by atoms with Crippen molar-refractivity contribution in [1.82, 2.24) is 0 Å². The average Bonchev–Trinajstić information content (AvgIpc) is 3.20. The third-order valence-corrected chi connectivity index (χ3v) is 13.0. The van der Waals surface area contributed by atoms with Gasteiger partial charge >= 0.3 is 17.2 Å². The molecule has 0 bridgehead atoms. The van der Waals surface area contributed by atoms with Crippen molar-refractivity contribution in [1.29, 1.82) is 0 Å². The summed E-state index contributed by atoms with van der Waals surface area (Å²) in [6.07, 6.45) is 0.591. The summed E-state index contributed by atoms with van der Waals surface area (Å²) in [5.41, 5.74) is 10.6. The average molecular weight is 871 g/mol. The number of hydrogen-bond donors (Lipinski definition) is 0. The fourth-order valence-electron chi connectivity index (χ4n) is 7.47. The molecule has 0 saturated heterocycles. The fourth-order valence-corrected chi connectivity index (χ4v) is 9.57. The molecule has 0 N–H and O–H groups in total. The molecule has 1 heterocycles. The Balaban J connectivity index is 1.26. The van der Waals surface area contributed by atoms with Crippen molar-refractivity contribution in [3.8, 4) is 46.0 Å². The van der Waals surface area contributed by atoms with Gasteiger partial charge in [0.2, 0.25) is 0 Å². The second kappa shape index (κ2) is 19.4. The van der Waals surface area contributed by atoms with E-state index in [2.05, 4.69) is 168 Å².